The molecular weight excluding hydrogens is 478 g/mol. The van der Waals surface area contributed by atoms with Crippen LogP contribution in [0.3, 0.4) is 0 Å². The zero-order valence-electron chi connectivity index (χ0n) is 20.2. The number of nitrogens with one attached hydrogen (secondary N) is 2. The predicted molar refractivity (Wildman–Crippen MR) is 144 cm³/mol. The van der Waals surface area contributed by atoms with Crippen LogP contribution in [0.5, 0.6) is 0 Å². The van der Waals surface area contributed by atoms with Crippen molar-refractivity contribution in [2.75, 3.05) is 15.5 Å². The first-order valence-corrected chi connectivity index (χ1v) is 12.5. The molecule has 3 aliphatic heterocycles. The number of hydrogen-bond donors (Lipinski definition) is 2. The Hall–Kier alpha value is -4.91. The summed E-state index contributed by atoms with van der Waals surface area (Å²) >= 11 is 0. The molecule has 7 nitrogen and oxygen atoms in total. The van der Waals surface area contributed by atoms with Gasteiger partial charge in [-0.15, -0.1) is 0 Å². The number of amides is 2. The second-order valence-electron chi connectivity index (χ2n) is 9.76. The number of Topliss-reactive ketones (excluding diaryl/α,β-unsaturated/α-hetero) is 1. The Morgan fingerprint density at radius 2 is 1.66 bits per heavy atom. The third-order valence-corrected chi connectivity index (χ3v) is 7.90. The first-order chi connectivity index (χ1) is 18.6. The minimum absolute atomic E-state index is 0.112. The molecular formula is C31H23N3O4. The maximum absolute atomic E-state index is 14.3. The molecule has 4 unspecified atom stereocenters. The molecule has 1 fully saturated rings. The van der Waals surface area contributed by atoms with Gasteiger partial charge >= 0.3 is 0 Å². The van der Waals surface area contributed by atoms with Gasteiger partial charge in [-0.2, -0.15) is 0 Å². The SMILES string of the molecule is O=C(Nc1ccccc1)C1C(C(=O)c2ccco2)C2(C(=O)Nc3ccccc32)C2C=Cc3ccccc3N12. The van der Waals surface area contributed by atoms with Crippen molar-refractivity contribution < 1.29 is 18.8 Å². The zero-order valence-corrected chi connectivity index (χ0v) is 20.2. The molecule has 4 heterocycles. The van der Waals surface area contributed by atoms with Crippen LogP contribution in [0.1, 0.15) is 21.7 Å². The quantitative estimate of drug-likeness (QED) is 0.389. The van der Waals surface area contributed by atoms with E-state index in [1.54, 1.807) is 24.3 Å². The summed E-state index contributed by atoms with van der Waals surface area (Å²) in [5.41, 5.74) is 2.29. The van der Waals surface area contributed by atoms with Gasteiger partial charge in [-0.25, -0.2) is 0 Å². The second-order valence-corrected chi connectivity index (χ2v) is 9.76. The van der Waals surface area contributed by atoms with Crippen LogP contribution in [0.15, 0.2) is 108 Å². The lowest BCUT2D eigenvalue weighted by molar-refractivity contribution is -0.122. The molecule has 1 saturated heterocycles. The molecule has 186 valence electrons. The topological polar surface area (TPSA) is 91.6 Å². The fraction of sp³-hybridized carbons (Fsp3) is 0.129. The summed E-state index contributed by atoms with van der Waals surface area (Å²) in [6.45, 7) is 0. The van der Waals surface area contributed by atoms with E-state index in [1.807, 2.05) is 83.8 Å². The molecule has 7 heteroatoms. The van der Waals surface area contributed by atoms with Gasteiger partial charge in [0.1, 0.15) is 11.5 Å². The van der Waals surface area contributed by atoms with Gasteiger partial charge in [0.15, 0.2) is 5.76 Å². The van der Waals surface area contributed by atoms with Crippen LogP contribution in [-0.2, 0) is 15.0 Å². The van der Waals surface area contributed by atoms with Crippen molar-refractivity contribution in [3.8, 4) is 0 Å². The summed E-state index contributed by atoms with van der Waals surface area (Å²) in [6, 6.07) is 25.9. The van der Waals surface area contributed by atoms with Crippen LogP contribution in [0, 0.1) is 5.92 Å². The van der Waals surface area contributed by atoms with E-state index < -0.39 is 29.2 Å². The number of carbonyl (C=O) groups is 3. The fourth-order valence-electron chi connectivity index (χ4n) is 6.43. The zero-order chi connectivity index (χ0) is 25.9. The summed E-state index contributed by atoms with van der Waals surface area (Å²) in [5.74, 6) is -2.03. The van der Waals surface area contributed by atoms with Crippen molar-refractivity contribution in [1.82, 2.24) is 0 Å². The molecule has 2 N–H and O–H groups in total. The Bertz CT molecular complexity index is 1610. The van der Waals surface area contributed by atoms with Gasteiger partial charge < -0.3 is 20.0 Å². The van der Waals surface area contributed by atoms with Crippen molar-refractivity contribution in [2.24, 2.45) is 5.92 Å². The van der Waals surface area contributed by atoms with Gasteiger partial charge in [-0.3, -0.25) is 14.4 Å². The number of benzene rings is 3. The maximum atomic E-state index is 14.3. The number of ketones is 1. The van der Waals surface area contributed by atoms with Gasteiger partial charge in [-0.05, 0) is 47.5 Å². The van der Waals surface area contributed by atoms with Gasteiger partial charge in [-0.1, -0.05) is 66.7 Å². The third kappa shape index (κ3) is 2.99. The van der Waals surface area contributed by atoms with Crippen LogP contribution in [0.25, 0.3) is 6.08 Å². The van der Waals surface area contributed by atoms with Gasteiger partial charge in [0.05, 0.1) is 18.2 Å². The molecule has 7 rings (SSSR count). The average molecular weight is 502 g/mol. The van der Waals surface area contributed by atoms with E-state index in [-0.39, 0.29) is 17.6 Å². The predicted octanol–water partition coefficient (Wildman–Crippen LogP) is 4.89. The molecule has 3 aliphatic rings. The number of anilines is 3. The van der Waals surface area contributed by atoms with Gasteiger partial charge in [0.2, 0.25) is 17.6 Å². The van der Waals surface area contributed by atoms with Gasteiger partial charge in [0, 0.05) is 17.1 Å². The molecule has 0 bridgehead atoms. The fourth-order valence-corrected chi connectivity index (χ4v) is 6.43. The van der Waals surface area contributed by atoms with E-state index in [4.69, 9.17) is 4.42 Å². The smallest absolute Gasteiger partial charge is 0.247 e. The van der Waals surface area contributed by atoms with Crippen molar-refractivity contribution in [2.45, 2.75) is 17.5 Å². The van der Waals surface area contributed by atoms with Crippen molar-refractivity contribution in [3.05, 3.63) is 120 Å². The number of para-hydroxylation sites is 3. The Morgan fingerprint density at radius 3 is 2.47 bits per heavy atom. The third-order valence-electron chi connectivity index (χ3n) is 7.90. The van der Waals surface area contributed by atoms with E-state index in [2.05, 4.69) is 10.6 Å². The molecule has 1 spiro atoms. The average Bonchev–Trinajstić information content (AvgIpc) is 3.66. The number of fused-ring (bicyclic) bond motifs is 6. The Kier molecular flexibility index (Phi) is 4.88. The van der Waals surface area contributed by atoms with E-state index >= 15 is 0 Å². The minimum atomic E-state index is -1.36. The number of carbonyl (C=O) groups excluding carboxylic acids is 3. The number of hydrogen-bond acceptors (Lipinski definition) is 5. The van der Waals surface area contributed by atoms with Crippen LogP contribution >= 0.6 is 0 Å². The number of rotatable bonds is 4. The van der Waals surface area contributed by atoms with E-state index in [0.717, 1.165) is 11.3 Å². The summed E-state index contributed by atoms with van der Waals surface area (Å²) < 4.78 is 5.55. The lowest BCUT2D eigenvalue weighted by Crippen LogP contribution is -2.51. The summed E-state index contributed by atoms with van der Waals surface area (Å²) in [5, 5.41) is 6.02. The summed E-state index contributed by atoms with van der Waals surface area (Å²) in [6.07, 6.45) is 5.35. The highest BCUT2D eigenvalue weighted by Crippen LogP contribution is 2.57. The number of furan rings is 1. The monoisotopic (exact) mass is 501 g/mol. The first kappa shape index (κ1) is 22.3. The molecule has 0 radical (unpaired) electrons. The highest BCUT2D eigenvalue weighted by Gasteiger charge is 2.70. The van der Waals surface area contributed by atoms with E-state index in [0.29, 0.717) is 16.9 Å². The standard InChI is InChI=1S/C31H23N3O4/c35-28(24-15-8-18-38-24)26-27(29(36)32-20-10-2-1-3-11-20)34-23-14-7-4-9-19(23)16-17-25(34)31(26)21-12-5-6-13-22(21)33-30(31)37/h1-18,25-27H,(H,32,36)(H,33,37). The summed E-state index contributed by atoms with van der Waals surface area (Å²) in [4.78, 5) is 44.7. The van der Waals surface area contributed by atoms with Gasteiger partial charge in [0.25, 0.3) is 0 Å². The van der Waals surface area contributed by atoms with Crippen LogP contribution in [-0.4, -0.2) is 29.7 Å². The lowest BCUT2D eigenvalue weighted by Gasteiger charge is -2.37. The first-order valence-electron chi connectivity index (χ1n) is 12.5. The van der Waals surface area contributed by atoms with Crippen LogP contribution in [0.2, 0.25) is 0 Å². The summed E-state index contributed by atoms with van der Waals surface area (Å²) in [7, 11) is 0. The van der Waals surface area contributed by atoms with Crippen LogP contribution in [0.4, 0.5) is 17.1 Å². The molecule has 0 aliphatic carbocycles. The Labute approximate surface area is 218 Å². The molecule has 4 aromatic rings. The highest BCUT2D eigenvalue weighted by atomic mass is 16.3. The molecule has 38 heavy (non-hydrogen) atoms. The molecule has 0 saturated carbocycles. The molecule has 4 atom stereocenters. The maximum Gasteiger partial charge on any atom is 0.247 e. The normalized spacial score (nSPS) is 24.5. The minimum Gasteiger partial charge on any atom is -0.461 e. The molecule has 2 amide bonds. The Balaban J connectivity index is 1.49. The number of nitrogens with zero attached hydrogens (tertiary/aromatic N) is 1. The van der Waals surface area contributed by atoms with E-state index in [9.17, 15) is 14.4 Å². The van der Waals surface area contributed by atoms with Crippen LogP contribution < -0.4 is 15.5 Å². The highest BCUT2D eigenvalue weighted by molar-refractivity contribution is 6.17. The second kappa shape index (κ2) is 8.31. The molecule has 3 aromatic carbocycles. The van der Waals surface area contributed by atoms with Crippen molar-refractivity contribution in [3.63, 3.8) is 0 Å². The lowest BCUT2D eigenvalue weighted by atomic mass is 9.65. The molecule has 1 aromatic heterocycles. The van der Waals surface area contributed by atoms with E-state index in [1.165, 1.54) is 6.26 Å². The van der Waals surface area contributed by atoms with Crippen molar-refractivity contribution >= 4 is 40.7 Å². The Morgan fingerprint density at radius 1 is 0.895 bits per heavy atom. The van der Waals surface area contributed by atoms with Crippen molar-refractivity contribution in [1.29, 1.82) is 0 Å². The largest absolute Gasteiger partial charge is 0.461 e.